The van der Waals surface area contributed by atoms with Crippen LogP contribution in [0.3, 0.4) is 0 Å². The van der Waals surface area contributed by atoms with E-state index in [1.807, 2.05) is 0 Å². The van der Waals surface area contributed by atoms with Crippen LogP contribution in [0.2, 0.25) is 10.6 Å². The topological polar surface area (TPSA) is 0 Å². The molecule has 0 aliphatic carbocycles. The molecule has 0 amide bonds. The molecule has 0 saturated heterocycles. The van der Waals surface area contributed by atoms with Gasteiger partial charge in [0, 0.05) is 0 Å². The summed E-state index contributed by atoms with van der Waals surface area (Å²) in [6, 6.07) is 0. The quantitative estimate of drug-likeness (QED) is 0.414. The molecule has 0 aliphatic rings. The minimum atomic E-state index is 0. The van der Waals surface area contributed by atoms with Crippen LogP contribution in [0, 0.1) is 0 Å². The third kappa shape index (κ3) is 11.3. The molecular formula is C8H19AlF. The highest BCUT2D eigenvalue weighted by atomic mass is 27.1. The summed E-state index contributed by atoms with van der Waals surface area (Å²) in [6.45, 7) is 4.55. The van der Waals surface area contributed by atoms with Gasteiger partial charge >= 0.3 is 0 Å². The fraction of sp³-hybridized carbons (Fsp3) is 1.00. The van der Waals surface area contributed by atoms with Crippen molar-refractivity contribution >= 4 is 15.2 Å². The lowest BCUT2D eigenvalue weighted by atomic mass is 10.4. The van der Waals surface area contributed by atoms with Crippen LogP contribution in [0.15, 0.2) is 0 Å². The summed E-state index contributed by atoms with van der Waals surface area (Å²) in [5.41, 5.74) is 0. The van der Waals surface area contributed by atoms with E-state index in [4.69, 9.17) is 0 Å². The molecule has 1 radical (unpaired) electrons. The van der Waals surface area contributed by atoms with Gasteiger partial charge in [0.1, 0.15) is 0 Å². The van der Waals surface area contributed by atoms with E-state index >= 15 is 0 Å². The molecule has 0 spiro atoms. The van der Waals surface area contributed by atoms with Gasteiger partial charge in [-0.15, -0.1) is 10.6 Å². The van der Waals surface area contributed by atoms with Gasteiger partial charge in [-0.25, -0.2) is 0 Å². The van der Waals surface area contributed by atoms with Crippen molar-refractivity contribution in [1.82, 2.24) is 0 Å². The van der Waals surface area contributed by atoms with Gasteiger partial charge in [0.2, 0.25) is 0 Å². The summed E-state index contributed by atoms with van der Waals surface area (Å²) in [5.74, 6) is 0. The normalized spacial score (nSPS) is 8.60. The first kappa shape index (κ1) is 13.1. The first-order chi connectivity index (χ1) is 4.41. The molecule has 0 heterocycles. The summed E-state index contributed by atoms with van der Waals surface area (Å²) < 4.78 is 0. The van der Waals surface area contributed by atoms with Crippen LogP contribution in [0.1, 0.15) is 39.5 Å². The molecule has 0 rings (SSSR count). The first-order valence-electron chi connectivity index (χ1n) is 4.23. The first-order valence-corrected chi connectivity index (χ1v) is 5.86. The van der Waals surface area contributed by atoms with Gasteiger partial charge in [-0.05, 0) is 0 Å². The molecule has 0 unspecified atom stereocenters. The van der Waals surface area contributed by atoms with Crippen LogP contribution < -0.4 is 0 Å². The number of hydrogen-bond acceptors (Lipinski definition) is 0. The molecule has 61 valence electrons. The largest absolute Gasteiger partial charge is 0.269 e. The Morgan fingerprint density at radius 1 is 0.900 bits per heavy atom. The average Bonchev–Trinajstić information content (AvgIpc) is 1.89. The molecular weight excluding hydrogens is 142 g/mol. The molecule has 0 N–H and O–H groups in total. The lowest BCUT2D eigenvalue weighted by molar-refractivity contribution is 0.851. The number of unbranched alkanes of at least 4 members (excludes halogenated alkanes) is 2. The Hall–Kier alpha value is 0.462. The van der Waals surface area contributed by atoms with Gasteiger partial charge in [-0.1, -0.05) is 39.5 Å². The second-order valence-electron chi connectivity index (χ2n) is 2.57. The van der Waals surface area contributed by atoms with Crippen LogP contribution in [0.25, 0.3) is 0 Å². The van der Waals surface area contributed by atoms with Crippen molar-refractivity contribution in [2.45, 2.75) is 50.1 Å². The van der Waals surface area contributed by atoms with E-state index in [9.17, 15) is 0 Å². The molecule has 0 bridgehead atoms. The molecule has 2 heteroatoms. The fourth-order valence-electron chi connectivity index (χ4n) is 0.841. The zero-order valence-corrected chi connectivity index (χ0v) is 8.38. The monoisotopic (exact) mass is 161 g/mol. The van der Waals surface area contributed by atoms with Crippen LogP contribution in [0.4, 0.5) is 4.70 Å². The van der Waals surface area contributed by atoms with Crippen LogP contribution >= 0.6 is 0 Å². The van der Waals surface area contributed by atoms with Crippen molar-refractivity contribution in [1.29, 1.82) is 0 Å². The zero-order chi connectivity index (χ0) is 6.95. The van der Waals surface area contributed by atoms with Gasteiger partial charge in [0.05, 0.1) is 0 Å². The van der Waals surface area contributed by atoms with Crippen molar-refractivity contribution in [3.8, 4) is 0 Å². The Kier molecular flexibility index (Phi) is 15.9. The highest BCUT2D eigenvalue weighted by Gasteiger charge is 1.89. The Bertz CT molecular complexity index is 42.5. The molecule has 0 aromatic carbocycles. The van der Waals surface area contributed by atoms with Gasteiger partial charge in [-0.3, -0.25) is 4.70 Å². The number of hydrogen-bond donors (Lipinski definition) is 0. The maximum atomic E-state index is 2.28. The van der Waals surface area contributed by atoms with Crippen molar-refractivity contribution in [2.75, 3.05) is 0 Å². The standard InChI is InChI=1S/2C4H9.Al.FH/c2*1-3-4-2;;/h2*1,3-4H2,2H3;;1H. The van der Waals surface area contributed by atoms with Crippen molar-refractivity contribution in [3.63, 3.8) is 0 Å². The zero-order valence-electron chi connectivity index (χ0n) is 7.23. The van der Waals surface area contributed by atoms with E-state index < -0.39 is 0 Å². The minimum absolute atomic E-state index is 0. The molecule has 0 aromatic rings. The smallest absolute Gasteiger partial charge is 0.199 e. The maximum Gasteiger partial charge on any atom is 0.199 e. The lowest BCUT2D eigenvalue weighted by Gasteiger charge is -1.93. The Morgan fingerprint density at radius 2 is 1.30 bits per heavy atom. The van der Waals surface area contributed by atoms with Gasteiger partial charge in [0.25, 0.3) is 0 Å². The molecule has 10 heavy (non-hydrogen) atoms. The van der Waals surface area contributed by atoms with E-state index in [2.05, 4.69) is 13.8 Å². The third-order valence-electron chi connectivity index (χ3n) is 1.52. The Morgan fingerprint density at radius 3 is 1.60 bits per heavy atom. The van der Waals surface area contributed by atoms with Crippen molar-refractivity contribution in [2.24, 2.45) is 0 Å². The summed E-state index contributed by atoms with van der Waals surface area (Å²) >= 11 is 0.818. The predicted molar refractivity (Wildman–Crippen MR) is 47.7 cm³/mol. The van der Waals surface area contributed by atoms with Crippen molar-refractivity contribution < 1.29 is 4.70 Å². The molecule has 0 saturated carbocycles. The van der Waals surface area contributed by atoms with Gasteiger partial charge in [-0.2, -0.15) is 0 Å². The van der Waals surface area contributed by atoms with Crippen LogP contribution in [-0.2, 0) is 0 Å². The summed E-state index contributed by atoms with van der Waals surface area (Å²) in [5, 5.41) is 3.08. The average molecular weight is 161 g/mol. The van der Waals surface area contributed by atoms with E-state index in [1.165, 1.54) is 36.2 Å². The fourth-order valence-corrected chi connectivity index (χ4v) is 2.52. The predicted octanol–water partition coefficient (Wildman–Crippen LogP) is 3.28. The van der Waals surface area contributed by atoms with Gasteiger partial charge in [0.15, 0.2) is 15.2 Å². The third-order valence-corrected chi connectivity index (χ3v) is 3.16. The summed E-state index contributed by atoms with van der Waals surface area (Å²) in [6.07, 6.45) is 5.72. The highest BCUT2D eigenvalue weighted by Crippen LogP contribution is 1.99. The van der Waals surface area contributed by atoms with E-state index in [0.717, 1.165) is 15.2 Å². The van der Waals surface area contributed by atoms with Gasteiger partial charge < -0.3 is 0 Å². The van der Waals surface area contributed by atoms with E-state index in [1.54, 1.807) is 0 Å². The molecule has 0 aromatic heterocycles. The maximum absolute atomic E-state index is 2.28. The van der Waals surface area contributed by atoms with Crippen molar-refractivity contribution in [3.05, 3.63) is 0 Å². The Labute approximate surface area is 70.5 Å². The SMILES string of the molecule is CCC[CH2][Al][CH2]CCC.F. The molecule has 0 aliphatic heterocycles. The number of rotatable bonds is 6. The van der Waals surface area contributed by atoms with E-state index in [0.29, 0.717) is 0 Å². The Balaban J connectivity index is 0. The lowest BCUT2D eigenvalue weighted by Crippen LogP contribution is -1.87. The van der Waals surface area contributed by atoms with Crippen LogP contribution in [0.5, 0.6) is 0 Å². The second kappa shape index (κ2) is 12.2. The minimum Gasteiger partial charge on any atom is -0.269 e. The number of halogens is 1. The van der Waals surface area contributed by atoms with E-state index in [-0.39, 0.29) is 4.70 Å². The summed E-state index contributed by atoms with van der Waals surface area (Å²) in [7, 11) is 0. The molecule has 0 nitrogen and oxygen atoms in total. The molecule has 0 atom stereocenters. The van der Waals surface area contributed by atoms with Crippen LogP contribution in [-0.4, -0.2) is 15.2 Å². The highest BCUT2D eigenvalue weighted by molar-refractivity contribution is 6.35. The second-order valence-corrected chi connectivity index (χ2v) is 4.31. The molecule has 0 fully saturated rings. The summed E-state index contributed by atoms with van der Waals surface area (Å²) in [4.78, 5) is 0.